The maximum absolute atomic E-state index is 12.4. The fraction of sp³-hybridized carbons (Fsp3) is 0.214. The molecule has 20 heteroatoms. The Hall–Kier alpha value is -5.44. The van der Waals surface area contributed by atoms with Gasteiger partial charge in [-0.2, -0.15) is 46.7 Å². The van der Waals surface area contributed by atoms with Crippen LogP contribution in [0.1, 0.15) is 31.9 Å². The molecular formula is C28H34N12O6S2. The molecule has 0 bridgehead atoms. The van der Waals surface area contributed by atoms with Gasteiger partial charge in [0.05, 0.1) is 0 Å². The van der Waals surface area contributed by atoms with Crippen molar-refractivity contribution in [3.8, 4) is 0 Å². The molecule has 4 rings (SSSR count). The van der Waals surface area contributed by atoms with E-state index in [-0.39, 0.29) is 58.2 Å². The molecule has 4 aromatic rings. The fourth-order valence-electron chi connectivity index (χ4n) is 4.12. The minimum absolute atomic E-state index is 0.0154. The summed E-state index contributed by atoms with van der Waals surface area (Å²) < 4.78 is 69.6. The number of hydrogen-bond donors (Lipinski definition) is 8. The molecule has 254 valence electrons. The quantitative estimate of drug-likeness (QED) is 0.0606. The van der Waals surface area contributed by atoms with Crippen molar-refractivity contribution in [1.82, 2.24) is 29.9 Å². The number of nitrogens with one attached hydrogen (secondary N) is 6. The first kappa shape index (κ1) is 35.4. The standard InChI is InChI=1S/C28H34N12O6S2/c1-5-29-23-35-24(30-6-2)38-27(37-23)33-19-13-11-17(21(15-19)47(41,42)43)9-10-18-12-14-20(16-22(18)48(44,45)46)34-28-39-25(31-7-3)36-26(40-28)32-8-4/h5,9-16H,1,6-8H2,2-4H3,(H,41,42,43)(H,44,45,46)(H3,29,30,33,35,37,38)(H3,31,32,34,36,39,40). The van der Waals surface area contributed by atoms with Gasteiger partial charge in [0.25, 0.3) is 20.2 Å². The van der Waals surface area contributed by atoms with E-state index in [0.29, 0.717) is 19.6 Å². The Morgan fingerprint density at radius 3 is 1.31 bits per heavy atom. The van der Waals surface area contributed by atoms with Gasteiger partial charge in [0.2, 0.25) is 35.7 Å². The van der Waals surface area contributed by atoms with Crippen LogP contribution in [-0.4, -0.2) is 75.5 Å². The first-order valence-corrected chi connectivity index (χ1v) is 17.3. The summed E-state index contributed by atoms with van der Waals surface area (Å²) in [7, 11) is -9.53. The molecule has 0 unspecified atom stereocenters. The van der Waals surface area contributed by atoms with Gasteiger partial charge in [-0.15, -0.1) is 0 Å². The van der Waals surface area contributed by atoms with Gasteiger partial charge in [0, 0.05) is 31.0 Å². The van der Waals surface area contributed by atoms with E-state index < -0.39 is 30.0 Å². The van der Waals surface area contributed by atoms with E-state index in [1.807, 2.05) is 20.8 Å². The summed E-state index contributed by atoms with van der Waals surface area (Å²) in [6, 6.07) is 8.11. The summed E-state index contributed by atoms with van der Waals surface area (Å²) in [4.78, 5) is 24.4. The summed E-state index contributed by atoms with van der Waals surface area (Å²) >= 11 is 0. The van der Waals surface area contributed by atoms with Gasteiger partial charge in [-0.05, 0) is 62.4 Å². The average Bonchev–Trinajstić information content (AvgIpc) is 3.00. The first-order chi connectivity index (χ1) is 22.8. The molecule has 0 aliphatic heterocycles. The van der Waals surface area contributed by atoms with Crippen molar-refractivity contribution in [2.24, 2.45) is 0 Å². The Balaban J connectivity index is 1.67. The Bertz CT molecular complexity index is 2020. The predicted molar refractivity (Wildman–Crippen MR) is 184 cm³/mol. The highest BCUT2D eigenvalue weighted by Crippen LogP contribution is 2.28. The molecule has 0 radical (unpaired) electrons. The molecule has 2 heterocycles. The second-order valence-corrected chi connectivity index (χ2v) is 12.4. The number of hydrogen-bond acceptors (Lipinski definition) is 16. The van der Waals surface area contributed by atoms with Crippen LogP contribution in [0, 0.1) is 0 Å². The van der Waals surface area contributed by atoms with Gasteiger partial charge < -0.3 is 31.9 Å². The molecule has 0 atom stereocenters. The predicted octanol–water partition coefficient (Wildman–Crippen LogP) is 4.06. The Kier molecular flexibility index (Phi) is 11.4. The second-order valence-electron chi connectivity index (χ2n) is 9.59. The van der Waals surface area contributed by atoms with E-state index in [4.69, 9.17) is 0 Å². The van der Waals surface area contributed by atoms with Gasteiger partial charge >= 0.3 is 0 Å². The molecule has 48 heavy (non-hydrogen) atoms. The summed E-state index contributed by atoms with van der Waals surface area (Å²) in [5.74, 6) is 1.17. The average molecular weight is 699 g/mol. The molecule has 0 fully saturated rings. The maximum atomic E-state index is 12.4. The van der Waals surface area contributed by atoms with Crippen LogP contribution >= 0.6 is 0 Å². The van der Waals surface area contributed by atoms with E-state index in [1.165, 1.54) is 48.7 Å². The minimum Gasteiger partial charge on any atom is -0.354 e. The number of aromatic nitrogens is 6. The van der Waals surface area contributed by atoms with Gasteiger partial charge in [0.15, 0.2) is 0 Å². The van der Waals surface area contributed by atoms with Crippen molar-refractivity contribution in [3.05, 3.63) is 60.3 Å². The zero-order valence-electron chi connectivity index (χ0n) is 26.1. The van der Waals surface area contributed by atoms with Crippen LogP contribution in [0.15, 0.2) is 59.0 Å². The van der Waals surface area contributed by atoms with Gasteiger partial charge in [-0.25, -0.2) is 0 Å². The Morgan fingerprint density at radius 1 is 0.604 bits per heavy atom. The molecule has 0 saturated carbocycles. The van der Waals surface area contributed by atoms with Crippen molar-refractivity contribution in [2.75, 3.05) is 51.5 Å². The van der Waals surface area contributed by atoms with Gasteiger partial charge in [0.1, 0.15) is 9.79 Å². The summed E-state index contributed by atoms with van der Waals surface area (Å²) in [6.07, 6.45) is 3.93. The highest BCUT2D eigenvalue weighted by Gasteiger charge is 2.19. The molecule has 0 spiro atoms. The largest absolute Gasteiger partial charge is 0.354 e. The number of anilines is 8. The highest BCUT2D eigenvalue weighted by atomic mass is 32.2. The molecule has 0 aliphatic carbocycles. The van der Waals surface area contributed by atoms with Crippen molar-refractivity contribution in [2.45, 2.75) is 30.6 Å². The number of nitrogens with zero attached hydrogens (tertiary/aromatic N) is 6. The van der Waals surface area contributed by atoms with E-state index >= 15 is 0 Å². The lowest BCUT2D eigenvalue weighted by molar-refractivity contribution is 0.480. The third kappa shape index (κ3) is 9.54. The van der Waals surface area contributed by atoms with Crippen LogP contribution in [-0.2, 0) is 20.2 Å². The monoisotopic (exact) mass is 698 g/mol. The van der Waals surface area contributed by atoms with Crippen LogP contribution in [0.25, 0.3) is 12.2 Å². The fourth-order valence-corrected chi connectivity index (χ4v) is 5.53. The van der Waals surface area contributed by atoms with Crippen LogP contribution < -0.4 is 31.9 Å². The SMILES string of the molecule is C=CNc1nc(NCC)nc(Nc2ccc(C=Cc3ccc(Nc4nc(NCC)nc(NCC)n4)cc3S(=O)(=O)O)c(S(=O)(=O)O)c2)n1. The van der Waals surface area contributed by atoms with E-state index in [9.17, 15) is 25.9 Å². The lowest BCUT2D eigenvalue weighted by Crippen LogP contribution is -2.11. The molecular weight excluding hydrogens is 665 g/mol. The van der Waals surface area contributed by atoms with Crippen LogP contribution in [0.5, 0.6) is 0 Å². The normalized spacial score (nSPS) is 11.6. The van der Waals surface area contributed by atoms with E-state index in [0.717, 1.165) is 6.07 Å². The number of benzene rings is 2. The van der Waals surface area contributed by atoms with Crippen LogP contribution in [0.3, 0.4) is 0 Å². The zero-order valence-corrected chi connectivity index (χ0v) is 27.7. The second kappa shape index (κ2) is 15.4. The van der Waals surface area contributed by atoms with Crippen molar-refractivity contribution in [3.63, 3.8) is 0 Å². The molecule has 2 aromatic carbocycles. The van der Waals surface area contributed by atoms with E-state index in [1.54, 1.807) is 0 Å². The Labute approximate surface area is 277 Å². The molecule has 8 N–H and O–H groups in total. The van der Waals surface area contributed by atoms with Crippen molar-refractivity contribution < 1.29 is 25.9 Å². The van der Waals surface area contributed by atoms with Crippen molar-refractivity contribution in [1.29, 1.82) is 0 Å². The first-order valence-electron chi connectivity index (χ1n) is 14.4. The zero-order chi connectivity index (χ0) is 34.9. The van der Waals surface area contributed by atoms with Crippen LogP contribution in [0.4, 0.5) is 47.1 Å². The summed E-state index contributed by atoms with van der Waals surface area (Å²) in [6.45, 7) is 10.8. The lowest BCUT2D eigenvalue weighted by atomic mass is 10.1. The third-order valence-corrected chi connectivity index (χ3v) is 7.86. The van der Waals surface area contributed by atoms with Crippen LogP contribution in [0.2, 0.25) is 0 Å². The molecule has 0 saturated heterocycles. The third-order valence-electron chi connectivity index (χ3n) is 6.04. The highest BCUT2D eigenvalue weighted by molar-refractivity contribution is 7.86. The summed E-state index contributed by atoms with van der Waals surface area (Å²) in [5.41, 5.74) is 0.473. The molecule has 0 amide bonds. The molecule has 2 aromatic heterocycles. The topological polar surface area (TPSA) is 258 Å². The summed E-state index contributed by atoms with van der Waals surface area (Å²) in [5, 5.41) is 17.5. The maximum Gasteiger partial charge on any atom is 0.295 e. The Morgan fingerprint density at radius 2 is 0.958 bits per heavy atom. The van der Waals surface area contributed by atoms with Gasteiger partial charge in [-0.3, -0.25) is 9.11 Å². The smallest absolute Gasteiger partial charge is 0.295 e. The lowest BCUT2D eigenvalue weighted by Gasteiger charge is -2.12. The van der Waals surface area contributed by atoms with E-state index in [2.05, 4.69) is 68.4 Å². The minimum atomic E-state index is -4.77. The molecule has 0 aliphatic rings. The number of rotatable bonds is 16. The van der Waals surface area contributed by atoms with Gasteiger partial charge in [-0.1, -0.05) is 30.9 Å². The van der Waals surface area contributed by atoms with Crippen molar-refractivity contribution >= 4 is 79.5 Å². The molecule has 18 nitrogen and oxygen atoms in total.